The van der Waals surface area contributed by atoms with Gasteiger partial charge in [0.25, 0.3) is 0 Å². The first-order valence-electron chi connectivity index (χ1n) is 9.65. The molecule has 0 radical (unpaired) electrons. The van der Waals surface area contributed by atoms with Gasteiger partial charge in [0.1, 0.15) is 12.4 Å². The Morgan fingerprint density at radius 3 is 2.23 bits per heavy atom. The van der Waals surface area contributed by atoms with Gasteiger partial charge in [-0.3, -0.25) is 0 Å². The van der Waals surface area contributed by atoms with Crippen LogP contribution in [-0.2, 0) is 19.7 Å². The SMILES string of the molecule is CCOc1cc(CNCc2ccc(OC)cc2)ccc1OCc1ccccc1Cl.Cl. The van der Waals surface area contributed by atoms with E-state index in [2.05, 4.69) is 17.4 Å². The fraction of sp³-hybridized carbons (Fsp3) is 0.250. The van der Waals surface area contributed by atoms with Crippen LogP contribution in [0.15, 0.2) is 66.7 Å². The van der Waals surface area contributed by atoms with E-state index in [4.69, 9.17) is 25.8 Å². The Hall–Kier alpha value is -2.40. The quantitative estimate of drug-likeness (QED) is 0.411. The summed E-state index contributed by atoms with van der Waals surface area (Å²) in [5.74, 6) is 2.32. The number of benzene rings is 3. The van der Waals surface area contributed by atoms with Crippen LogP contribution in [0.5, 0.6) is 17.2 Å². The maximum absolute atomic E-state index is 6.21. The molecule has 0 spiro atoms. The van der Waals surface area contributed by atoms with Crippen LogP contribution < -0.4 is 19.5 Å². The maximum Gasteiger partial charge on any atom is 0.161 e. The Bertz CT molecular complexity index is 917. The molecule has 30 heavy (non-hydrogen) atoms. The Morgan fingerprint density at radius 1 is 0.833 bits per heavy atom. The molecule has 0 fully saturated rings. The highest BCUT2D eigenvalue weighted by atomic mass is 35.5. The molecular weight excluding hydrogens is 421 g/mol. The second-order valence-corrected chi connectivity index (χ2v) is 6.95. The van der Waals surface area contributed by atoms with E-state index in [1.54, 1.807) is 7.11 Å². The summed E-state index contributed by atoms with van der Waals surface area (Å²) in [7, 11) is 1.67. The first kappa shape index (κ1) is 23.9. The normalized spacial score (nSPS) is 10.2. The highest BCUT2D eigenvalue weighted by molar-refractivity contribution is 6.31. The minimum Gasteiger partial charge on any atom is -0.497 e. The standard InChI is InChI=1S/C24H26ClNO3.ClH/c1-3-28-24-14-19(16-26-15-18-8-11-21(27-2)12-9-18)10-13-23(24)29-17-20-6-4-5-7-22(20)25;/h4-14,26H,3,15-17H2,1-2H3;1H. The van der Waals surface area contributed by atoms with E-state index in [0.717, 1.165) is 35.7 Å². The van der Waals surface area contributed by atoms with Crippen molar-refractivity contribution in [2.75, 3.05) is 13.7 Å². The van der Waals surface area contributed by atoms with Gasteiger partial charge in [-0.1, -0.05) is 48.0 Å². The van der Waals surface area contributed by atoms with E-state index in [1.807, 2.05) is 61.5 Å². The molecule has 160 valence electrons. The summed E-state index contributed by atoms with van der Waals surface area (Å²) < 4.78 is 16.9. The summed E-state index contributed by atoms with van der Waals surface area (Å²) in [5, 5.41) is 4.15. The average molecular weight is 448 g/mol. The number of nitrogens with one attached hydrogen (secondary N) is 1. The number of rotatable bonds is 10. The molecule has 1 N–H and O–H groups in total. The summed E-state index contributed by atoms with van der Waals surface area (Å²) >= 11 is 6.21. The summed E-state index contributed by atoms with van der Waals surface area (Å²) in [6.45, 7) is 4.45. The fourth-order valence-electron chi connectivity index (χ4n) is 2.92. The third-order valence-electron chi connectivity index (χ3n) is 4.47. The fourth-order valence-corrected chi connectivity index (χ4v) is 3.11. The molecule has 6 heteroatoms. The number of hydrogen-bond donors (Lipinski definition) is 1. The zero-order valence-electron chi connectivity index (χ0n) is 17.2. The molecule has 3 rings (SSSR count). The van der Waals surface area contributed by atoms with Crippen LogP contribution in [0.4, 0.5) is 0 Å². The van der Waals surface area contributed by atoms with E-state index < -0.39 is 0 Å². The Morgan fingerprint density at radius 2 is 1.53 bits per heavy atom. The van der Waals surface area contributed by atoms with Gasteiger partial charge in [-0.25, -0.2) is 0 Å². The Balaban J connectivity index is 0.00000320. The maximum atomic E-state index is 6.21. The van der Waals surface area contributed by atoms with E-state index in [-0.39, 0.29) is 12.4 Å². The number of methoxy groups -OCH3 is 1. The molecular formula is C24H27Cl2NO3. The van der Waals surface area contributed by atoms with Crippen molar-refractivity contribution in [2.24, 2.45) is 0 Å². The smallest absolute Gasteiger partial charge is 0.161 e. The molecule has 0 saturated carbocycles. The lowest BCUT2D eigenvalue weighted by molar-refractivity contribution is 0.269. The molecule has 0 aliphatic rings. The molecule has 0 bridgehead atoms. The van der Waals surface area contributed by atoms with Gasteiger partial charge in [-0.15, -0.1) is 12.4 Å². The van der Waals surface area contributed by atoms with Gasteiger partial charge in [0.15, 0.2) is 11.5 Å². The van der Waals surface area contributed by atoms with Crippen molar-refractivity contribution in [1.82, 2.24) is 5.32 Å². The molecule has 4 nitrogen and oxygen atoms in total. The lowest BCUT2D eigenvalue weighted by Gasteiger charge is -2.14. The summed E-state index contributed by atoms with van der Waals surface area (Å²) in [6, 6.07) is 21.7. The van der Waals surface area contributed by atoms with Crippen LogP contribution in [0.3, 0.4) is 0 Å². The first-order chi connectivity index (χ1) is 14.2. The van der Waals surface area contributed by atoms with Crippen LogP contribution in [0.2, 0.25) is 5.02 Å². The molecule has 0 amide bonds. The van der Waals surface area contributed by atoms with Crippen molar-refractivity contribution >= 4 is 24.0 Å². The average Bonchev–Trinajstić information content (AvgIpc) is 2.75. The lowest BCUT2D eigenvalue weighted by Crippen LogP contribution is -2.13. The van der Waals surface area contributed by atoms with Crippen LogP contribution in [0, 0.1) is 0 Å². The lowest BCUT2D eigenvalue weighted by atomic mass is 10.1. The number of halogens is 2. The minimum atomic E-state index is 0. The van der Waals surface area contributed by atoms with Crippen molar-refractivity contribution in [3.63, 3.8) is 0 Å². The molecule has 0 aliphatic carbocycles. The van der Waals surface area contributed by atoms with Gasteiger partial charge in [-0.2, -0.15) is 0 Å². The Kier molecular flexibility index (Phi) is 9.81. The van der Waals surface area contributed by atoms with E-state index in [9.17, 15) is 0 Å². The minimum absolute atomic E-state index is 0. The van der Waals surface area contributed by atoms with Crippen LogP contribution in [0.25, 0.3) is 0 Å². The molecule has 3 aromatic rings. The van der Waals surface area contributed by atoms with Gasteiger partial charge in [0.05, 0.1) is 13.7 Å². The van der Waals surface area contributed by atoms with Gasteiger partial charge < -0.3 is 19.5 Å². The van der Waals surface area contributed by atoms with Crippen LogP contribution >= 0.6 is 24.0 Å². The van der Waals surface area contributed by atoms with Crippen molar-refractivity contribution in [2.45, 2.75) is 26.6 Å². The van der Waals surface area contributed by atoms with Crippen molar-refractivity contribution in [1.29, 1.82) is 0 Å². The van der Waals surface area contributed by atoms with Gasteiger partial charge in [0.2, 0.25) is 0 Å². The monoisotopic (exact) mass is 447 g/mol. The molecule has 0 saturated heterocycles. The van der Waals surface area contributed by atoms with E-state index >= 15 is 0 Å². The van der Waals surface area contributed by atoms with Crippen LogP contribution in [0.1, 0.15) is 23.6 Å². The highest BCUT2D eigenvalue weighted by Crippen LogP contribution is 2.30. The Labute approximate surface area is 189 Å². The molecule has 0 atom stereocenters. The molecule has 3 aromatic carbocycles. The zero-order valence-corrected chi connectivity index (χ0v) is 18.8. The topological polar surface area (TPSA) is 39.7 Å². The largest absolute Gasteiger partial charge is 0.497 e. The summed E-state index contributed by atoms with van der Waals surface area (Å²) in [6.07, 6.45) is 0. The molecule has 0 aliphatic heterocycles. The van der Waals surface area contributed by atoms with Gasteiger partial charge in [0, 0.05) is 23.7 Å². The highest BCUT2D eigenvalue weighted by Gasteiger charge is 2.08. The van der Waals surface area contributed by atoms with Gasteiger partial charge >= 0.3 is 0 Å². The number of hydrogen-bond acceptors (Lipinski definition) is 4. The predicted octanol–water partition coefficient (Wildman–Crippen LogP) is 6.04. The second kappa shape index (κ2) is 12.3. The van der Waals surface area contributed by atoms with Crippen molar-refractivity contribution in [3.8, 4) is 17.2 Å². The van der Waals surface area contributed by atoms with E-state index in [0.29, 0.717) is 24.0 Å². The zero-order chi connectivity index (χ0) is 20.5. The van der Waals surface area contributed by atoms with Gasteiger partial charge in [-0.05, 0) is 48.4 Å². The molecule has 0 unspecified atom stereocenters. The third-order valence-corrected chi connectivity index (χ3v) is 4.84. The third kappa shape index (κ3) is 6.84. The van der Waals surface area contributed by atoms with Crippen molar-refractivity contribution in [3.05, 3.63) is 88.4 Å². The van der Waals surface area contributed by atoms with Crippen molar-refractivity contribution < 1.29 is 14.2 Å². The predicted molar refractivity (Wildman–Crippen MR) is 124 cm³/mol. The second-order valence-electron chi connectivity index (χ2n) is 6.55. The number of ether oxygens (including phenoxy) is 3. The molecule has 0 heterocycles. The summed E-state index contributed by atoms with van der Waals surface area (Å²) in [5.41, 5.74) is 3.28. The summed E-state index contributed by atoms with van der Waals surface area (Å²) in [4.78, 5) is 0. The molecule has 0 aromatic heterocycles. The van der Waals surface area contributed by atoms with Crippen LogP contribution in [-0.4, -0.2) is 13.7 Å². The van der Waals surface area contributed by atoms with E-state index in [1.165, 1.54) is 5.56 Å². The first-order valence-corrected chi connectivity index (χ1v) is 10.0.